The van der Waals surface area contributed by atoms with Crippen LogP contribution in [0.15, 0.2) is 54.6 Å². The average molecular weight is 348 g/mol. The molecule has 2 N–H and O–H groups in total. The van der Waals surface area contributed by atoms with Crippen LogP contribution < -0.4 is 5.32 Å². The van der Waals surface area contributed by atoms with E-state index in [2.05, 4.69) is 17.2 Å². The van der Waals surface area contributed by atoms with Gasteiger partial charge >= 0.3 is 0 Å². The van der Waals surface area contributed by atoms with Crippen LogP contribution in [0.2, 0.25) is 0 Å². The van der Waals surface area contributed by atoms with Crippen molar-refractivity contribution in [2.24, 2.45) is 0 Å². The molecule has 3 rings (SSSR count). The number of rotatable bonds is 8. The topological polar surface area (TPSA) is 62.0 Å². The number of H-pyrrole nitrogens is 1. The summed E-state index contributed by atoms with van der Waals surface area (Å²) >= 11 is 0. The van der Waals surface area contributed by atoms with Crippen molar-refractivity contribution in [1.29, 1.82) is 0 Å². The minimum atomic E-state index is -0.0804. The van der Waals surface area contributed by atoms with Gasteiger partial charge in [0.2, 0.25) is 5.91 Å². The predicted molar refractivity (Wildman–Crippen MR) is 104 cm³/mol. The average Bonchev–Trinajstić information content (AvgIpc) is 3.04. The SMILES string of the molecule is CCCCC(=O)c1[nH]c2ccccc2c1CC(=O)NCc1ccccc1. The highest BCUT2D eigenvalue weighted by Crippen LogP contribution is 2.24. The van der Waals surface area contributed by atoms with Gasteiger partial charge in [-0.15, -0.1) is 0 Å². The molecule has 0 bridgehead atoms. The predicted octanol–water partition coefficient (Wildman–Crippen LogP) is 4.40. The highest BCUT2D eigenvalue weighted by molar-refractivity contribution is 6.04. The Hall–Kier alpha value is -2.88. The largest absolute Gasteiger partial charge is 0.352 e. The lowest BCUT2D eigenvalue weighted by atomic mass is 10.0. The van der Waals surface area contributed by atoms with Gasteiger partial charge in [-0.2, -0.15) is 0 Å². The third kappa shape index (κ3) is 4.20. The second kappa shape index (κ2) is 8.48. The van der Waals surface area contributed by atoms with Crippen molar-refractivity contribution in [1.82, 2.24) is 10.3 Å². The van der Waals surface area contributed by atoms with E-state index in [0.717, 1.165) is 34.9 Å². The number of aromatic amines is 1. The molecule has 2 aromatic carbocycles. The first-order valence-electron chi connectivity index (χ1n) is 9.12. The van der Waals surface area contributed by atoms with Crippen molar-refractivity contribution < 1.29 is 9.59 Å². The molecule has 1 aromatic heterocycles. The number of hydrogen-bond acceptors (Lipinski definition) is 2. The molecule has 0 aliphatic carbocycles. The molecular weight excluding hydrogens is 324 g/mol. The van der Waals surface area contributed by atoms with Gasteiger partial charge in [-0.05, 0) is 23.6 Å². The summed E-state index contributed by atoms with van der Waals surface area (Å²) in [5, 5.41) is 3.89. The van der Waals surface area contributed by atoms with Crippen molar-refractivity contribution in [3.63, 3.8) is 0 Å². The van der Waals surface area contributed by atoms with Crippen LogP contribution in [-0.2, 0) is 17.8 Å². The smallest absolute Gasteiger partial charge is 0.224 e. The van der Waals surface area contributed by atoms with Gasteiger partial charge in [0.1, 0.15) is 0 Å². The minimum absolute atomic E-state index is 0.0777. The number of amides is 1. The first kappa shape index (κ1) is 17.9. The first-order chi connectivity index (χ1) is 12.7. The number of aromatic nitrogens is 1. The third-order valence-corrected chi connectivity index (χ3v) is 4.52. The van der Waals surface area contributed by atoms with Crippen molar-refractivity contribution >= 4 is 22.6 Å². The number of Topliss-reactive ketones (excluding diaryl/α,β-unsaturated/α-hetero) is 1. The Balaban J connectivity index is 1.78. The van der Waals surface area contributed by atoms with Gasteiger partial charge in [0.15, 0.2) is 5.78 Å². The first-order valence-corrected chi connectivity index (χ1v) is 9.12. The van der Waals surface area contributed by atoms with Crippen LogP contribution in [0.25, 0.3) is 10.9 Å². The Labute approximate surface area is 153 Å². The Bertz CT molecular complexity index is 897. The van der Waals surface area contributed by atoms with Crippen LogP contribution in [0.1, 0.15) is 47.8 Å². The van der Waals surface area contributed by atoms with Crippen LogP contribution in [-0.4, -0.2) is 16.7 Å². The van der Waals surface area contributed by atoms with Gasteiger partial charge < -0.3 is 10.3 Å². The van der Waals surface area contributed by atoms with Gasteiger partial charge in [-0.1, -0.05) is 61.9 Å². The molecule has 4 nitrogen and oxygen atoms in total. The lowest BCUT2D eigenvalue weighted by molar-refractivity contribution is -0.120. The fraction of sp³-hybridized carbons (Fsp3) is 0.273. The highest BCUT2D eigenvalue weighted by Gasteiger charge is 2.19. The van der Waals surface area contributed by atoms with E-state index in [-0.39, 0.29) is 18.1 Å². The number of carbonyl (C=O) groups excluding carboxylic acids is 2. The Kier molecular flexibility index (Phi) is 5.84. The van der Waals surface area contributed by atoms with Gasteiger partial charge in [-0.3, -0.25) is 9.59 Å². The molecule has 4 heteroatoms. The summed E-state index contributed by atoms with van der Waals surface area (Å²) in [7, 11) is 0. The molecule has 134 valence electrons. The van der Waals surface area contributed by atoms with Crippen LogP contribution in [0.3, 0.4) is 0 Å². The van der Waals surface area contributed by atoms with Crippen LogP contribution in [0.4, 0.5) is 0 Å². The zero-order valence-electron chi connectivity index (χ0n) is 15.0. The van der Waals surface area contributed by atoms with E-state index in [4.69, 9.17) is 0 Å². The number of hydrogen-bond donors (Lipinski definition) is 2. The Morgan fingerprint density at radius 2 is 1.73 bits per heavy atom. The molecule has 0 saturated heterocycles. The monoisotopic (exact) mass is 348 g/mol. The molecule has 0 spiro atoms. The summed E-state index contributed by atoms with van der Waals surface area (Å²) in [6.45, 7) is 2.55. The Morgan fingerprint density at radius 1 is 1.00 bits per heavy atom. The zero-order chi connectivity index (χ0) is 18.4. The van der Waals surface area contributed by atoms with E-state index in [9.17, 15) is 9.59 Å². The number of carbonyl (C=O) groups is 2. The normalized spacial score (nSPS) is 10.8. The molecule has 0 unspecified atom stereocenters. The highest BCUT2D eigenvalue weighted by atomic mass is 16.1. The number of ketones is 1. The standard InChI is InChI=1S/C22H24N2O2/c1-2-3-13-20(25)22-18(17-11-7-8-12-19(17)24-22)14-21(26)23-15-16-9-5-4-6-10-16/h4-12,24H,2-3,13-15H2,1H3,(H,23,26). The fourth-order valence-electron chi connectivity index (χ4n) is 3.10. The van der Waals surface area contributed by atoms with Crippen molar-refractivity contribution in [2.75, 3.05) is 0 Å². The van der Waals surface area contributed by atoms with Gasteiger partial charge in [0.25, 0.3) is 0 Å². The summed E-state index contributed by atoms with van der Waals surface area (Å²) in [5.74, 6) is -0.00272. The zero-order valence-corrected chi connectivity index (χ0v) is 15.0. The molecule has 1 amide bonds. The summed E-state index contributed by atoms with van der Waals surface area (Å²) in [4.78, 5) is 28.3. The van der Waals surface area contributed by atoms with Crippen LogP contribution >= 0.6 is 0 Å². The summed E-state index contributed by atoms with van der Waals surface area (Å²) in [6.07, 6.45) is 2.53. The molecule has 26 heavy (non-hydrogen) atoms. The molecule has 0 saturated carbocycles. The molecule has 1 heterocycles. The molecule has 0 radical (unpaired) electrons. The van der Waals surface area contributed by atoms with Crippen molar-refractivity contribution in [3.05, 3.63) is 71.4 Å². The fourth-order valence-corrected chi connectivity index (χ4v) is 3.10. The molecule has 0 aliphatic heterocycles. The minimum Gasteiger partial charge on any atom is -0.352 e. The van der Waals surface area contributed by atoms with E-state index in [1.54, 1.807) is 0 Å². The molecular formula is C22H24N2O2. The lowest BCUT2D eigenvalue weighted by Crippen LogP contribution is -2.25. The number of para-hydroxylation sites is 1. The molecule has 0 fully saturated rings. The molecule has 0 atom stereocenters. The maximum absolute atomic E-state index is 12.6. The number of unbranched alkanes of at least 4 members (excludes halogenated alkanes) is 1. The maximum atomic E-state index is 12.6. The van der Waals surface area contributed by atoms with Crippen molar-refractivity contribution in [3.8, 4) is 0 Å². The van der Waals surface area contributed by atoms with E-state index in [0.29, 0.717) is 18.7 Å². The van der Waals surface area contributed by atoms with E-state index in [1.807, 2.05) is 54.6 Å². The maximum Gasteiger partial charge on any atom is 0.224 e. The van der Waals surface area contributed by atoms with Gasteiger partial charge in [0, 0.05) is 23.9 Å². The number of nitrogens with one attached hydrogen (secondary N) is 2. The summed E-state index contributed by atoms with van der Waals surface area (Å²) in [6, 6.07) is 17.6. The molecule has 3 aromatic rings. The summed E-state index contributed by atoms with van der Waals surface area (Å²) in [5.41, 5.74) is 3.33. The van der Waals surface area contributed by atoms with E-state index < -0.39 is 0 Å². The van der Waals surface area contributed by atoms with Crippen LogP contribution in [0, 0.1) is 0 Å². The second-order valence-electron chi connectivity index (χ2n) is 6.49. The second-order valence-corrected chi connectivity index (χ2v) is 6.49. The van der Waals surface area contributed by atoms with E-state index >= 15 is 0 Å². The lowest BCUT2D eigenvalue weighted by Gasteiger charge is -2.07. The summed E-state index contributed by atoms with van der Waals surface area (Å²) < 4.78 is 0. The Morgan fingerprint density at radius 3 is 2.50 bits per heavy atom. The quantitative estimate of drug-likeness (QED) is 0.593. The number of benzene rings is 2. The third-order valence-electron chi connectivity index (χ3n) is 4.52. The van der Waals surface area contributed by atoms with Crippen molar-refractivity contribution in [2.45, 2.75) is 39.2 Å². The number of fused-ring (bicyclic) bond motifs is 1. The molecule has 0 aliphatic rings. The van der Waals surface area contributed by atoms with E-state index in [1.165, 1.54) is 0 Å². The van der Waals surface area contributed by atoms with Gasteiger partial charge in [0.05, 0.1) is 12.1 Å². The van der Waals surface area contributed by atoms with Crippen LogP contribution in [0.5, 0.6) is 0 Å². The van der Waals surface area contributed by atoms with Gasteiger partial charge in [-0.25, -0.2) is 0 Å².